The van der Waals surface area contributed by atoms with E-state index in [0.29, 0.717) is 29.1 Å². The van der Waals surface area contributed by atoms with E-state index in [1.54, 1.807) is 30.3 Å². The summed E-state index contributed by atoms with van der Waals surface area (Å²) in [4.78, 5) is 24.9. The summed E-state index contributed by atoms with van der Waals surface area (Å²) in [5.41, 5.74) is -0.116. The summed E-state index contributed by atoms with van der Waals surface area (Å²) in [6.07, 6.45) is 2.71. The molecule has 2 amide bonds. The first-order valence-electron chi connectivity index (χ1n) is 7.56. The standard InChI is InChI=1S/C17H18N2O3S/c20-15(14-7-4-10-23-14)18-12-5-3-6-13(11-12)19-16(21)17(22)8-1-2-9-17/h3-7,10-11,22H,1-2,8-9H2,(H,18,20)(H,19,21). The number of benzene rings is 1. The van der Waals surface area contributed by atoms with Gasteiger partial charge in [-0.1, -0.05) is 12.1 Å². The van der Waals surface area contributed by atoms with Crippen LogP contribution in [0.3, 0.4) is 0 Å². The maximum Gasteiger partial charge on any atom is 0.265 e. The van der Waals surface area contributed by atoms with E-state index in [9.17, 15) is 14.7 Å². The minimum Gasteiger partial charge on any atom is -0.380 e. The number of aliphatic hydroxyl groups is 1. The Kier molecular flexibility index (Phi) is 4.45. The van der Waals surface area contributed by atoms with Crippen LogP contribution in [0.5, 0.6) is 0 Å². The van der Waals surface area contributed by atoms with Gasteiger partial charge in [-0.25, -0.2) is 0 Å². The molecule has 3 rings (SSSR count). The van der Waals surface area contributed by atoms with E-state index in [1.165, 1.54) is 11.3 Å². The average Bonchev–Trinajstić information content (AvgIpc) is 3.19. The molecule has 1 aliphatic carbocycles. The Morgan fingerprint density at radius 2 is 1.74 bits per heavy atom. The SMILES string of the molecule is O=C(Nc1cccc(NC(=O)C2(O)CCCC2)c1)c1cccs1. The molecule has 1 aromatic carbocycles. The molecule has 1 heterocycles. The van der Waals surface area contributed by atoms with Gasteiger partial charge in [-0.2, -0.15) is 0 Å². The van der Waals surface area contributed by atoms with Gasteiger partial charge >= 0.3 is 0 Å². The zero-order chi connectivity index (χ0) is 16.3. The summed E-state index contributed by atoms with van der Waals surface area (Å²) in [5, 5.41) is 17.7. The fraction of sp³-hybridized carbons (Fsp3) is 0.294. The highest BCUT2D eigenvalue weighted by molar-refractivity contribution is 7.12. The van der Waals surface area contributed by atoms with Crippen molar-refractivity contribution in [2.24, 2.45) is 0 Å². The van der Waals surface area contributed by atoms with Crippen LogP contribution in [0.1, 0.15) is 35.4 Å². The number of rotatable bonds is 4. The van der Waals surface area contributed by atoms with Crippen LogP contribution in [-0.4, -0.2) is 22.5 Å². The van der Waals surface area contributed by atoms with Crippen LogP contribution in [0, 0.1) is 0 Å². The molecule has 6 heteroatoms. The van der Waals surface area contributed by atoms with Crippen molar-refractivity contribution in [3.63, 3.8) is 0 Å². The van der Waals surface area contributed by atoms with Crippen molar-refractivity contribution in [3.05, 3.63) is 46.7 Å². The maximum atomic E-state index is 12.2. The molecule has 2 aromatic rings. The molecular weight excluding hydrogens is 312 g/mol. The highest BCUT2D eigenvalue weighted by atomic mass is 32.1. The predicted molar refractivity (Wildman–Crippen MR) is 90.8 cm³/mol. The zero-order valence-corrected chi connectivity index (χ0v) is 13.4. The monoisotopic (exact) mass is 330 g/mol. The molecule has 0 atom stereocenters. The first-order chi connectivity index (χ1) is 11.1. The van der Waals surface area contributed by atoms with Gasteiger partial charge in [0.25, 0.3) is 11.8 Å². The molecule has 0 saturated heterocycles. The Morgan fingerprint density at radius 1 is 1.04 bits per heavy atom. The Bertz CT molecular complexity index is 706. The number of amides is 2. The van der Waals surface area contributed by atoms with Crippen molar-refractivity contribution in [2.45, 2.75) is 31.3 Å². The van der Waals surface area contributed by atoms with E-state index >= 15 is 0 Å². The Morgan fingerprint density at radius 3 is 2.39 bits per heavy atom. The van der Waals surface area contributed by atoms with Gasteiger partial charge in [-0.3, -0.25) is 9.59 Å². The second-order valence-electron chi connectivity index (χ2n) is 5.71. The molecule has 0 bridgehead atoms. The lowest BCUT2D eigenvalue weighted by molar-refractivity contribution is -0.133. The number of thiophene rings is 1. The highest BCUT2D eigenvalue weighted by Crippen LogP contribution is 2.30. The first kappa shape index (κ1) is 15.7. The summed E-state index contributed by atoms with van der Waals surface area (Å²) in [6, 6.07) is 10.5. The highest BCUT2D eigenvalue weighted by Gasteiger charge is 2.38. The molecule has 0 unspecified atom stereocenters. The summed E-state index contributed by atoms with van der Waals surface area (Å²) in [6.45, 7) is 0. The van der Waals surface area contributed by atoms with Gasteiger partial charge in [0.15, 0.2) is 0 Å². The fourth-order valence-electron chi connectivity index (χ4n) is 2.71. The molecule has 1 aliphatic rings. The van der Waals surface area contributed by atoms with Gasteiger partial charge in [0.1, 0.15) is 5.60 Å². The second-order valence-corrected chi connectivity index (χ2v) is 6.65. The number of carbonyl (C=O) groups excluding carboxylic acids is 2. The average molecular weight is 330 g/mol. The van der Waals surface area contributed by atoms with Gasteiger partial charge in [0, 0.05) is 11.4 Å². The van der Waals surface area contributed by atoms with E-state index in [1.807, 2.05) is 11.4 Å². The predicted octanol–water partition coefficient (Wildman–Crippen LogP) is 3.24. The van der Waals surface area contributed by atoms with E-state index in [0.717, 1.165) is 12.8 Å². The summed E-state index contributed by atoms with van der Waals surface area (Å²) < 4.78 is 0. The van der Waals surface area contributed by atoms with Crippen molar-refractivity contribution >= 4 is 34.5 Å². The summed E-state index contributed by atoms with van der Waals surface area (Å²) in [5.74, 6) is -0.561. The van der Waals surface area contributed by atoms with Crippen LogP contribution in [0.15, 0.2) is 41.8 Å². The van der Waals surface area contributed by atoms with Crippen LogP contribution < -0.4 is 10.6 Å². The summed E-state index contributed by atoms with van der Waals surface area (Å²) in [7, 11) is 0. The second kappa shape index (κ2) is 6.52. The van der Waals surface area contributed by atoms with Crippen LogP contribution >= 0.6 is 11.3 Å². The molecule has 0 spiro atoms. The molecule has 5 nitrogen and oxygen atoms in total. The Balaban J connectivity index is 1.68. The van der Waals surface area contributed by atoms with E-state index in [2.05, 4.69) is 10.6 Å². The number of hydrogen-bond donors (Lipinski definition) is 3. The van der Waals surface area contributed by atoms with Crippen LogP contribution in [0.25, 0.3) is 0 Å². The normalized spacial score (nSPS) is 16.0. The molecule has 3 N–H and O–H groups in total. The van der Waals surface area contributed by atoms with Gasteiger partial charge in [0.2, 0.25) is 0 Å². The minimum atomic E-state index is -1.27. The van der Waals surface area contributed by atoms with Gasteiger partial charge in [-0.15, -0.1) is 11.3 Å². The van der Waals surface area contributed by atoms with E-state index in [-0.39, 0.29) is 11.8 Å². The molecule has 120 valence electrons. The number of nitrogens with one attached hydrogen (secondary N) is 2. The number of carbonyl (C=O) groups is 2. The zero-order valence-electron chi connectivity index (χ0n) is 12.5. The van der Waals surface area contributed by atoms with Crippen LogP contribution in [-0.2, 0) is 4.79 Å². The van der Waals surface area contributed by atoms with Crippen molar-refractivity contribution in [2.75, 3.05) is 10.6 Å². The number of hydrogen-bond acceptors (Lipinski definition) is 4. The fourth-order valence-corrected chi connectivity index (χ4v) is 3.33. The number of anilines is 2. The molecule has 0 aliphatic heterocycles. The van der Waals surface area contributed by atoms with Gasteiger partial charge in [0.05, 0.1) is 4.88 Å². The molecule has 0 radical (unpaired) electrons. The van der Waals surface area contributed by atoms with Crippen molar-refractivity contribution in [1.29, 1.82) is 0 Å². The third-order valence-corrected chi connectivity index (χ3v) is 4.85. The van der Waals surface area contributed by atoms with Crippen molar-refractivity contribution < 1.29 is 14.7 Å². The summed E-state index contributed by atoms with van der Waals surface area (Å²) >= 11 is 1.37. The third-order valence-electron chi connectivity index (χ3n) is 3.98. The van der Waals surface area contributed by atoms with E-state index in [4.69, 9.17) is 0 Å². The van der Waals surface area contributed by atoms with Crippen molar-refractivity contribution in [1.82, 2.24) is 0 Å². The largest absolute Gasteiger partial charge is 0.380 e. The smallest absolute Gasteiger partial charge is 0.265 e. The topological polar surface area (TPSA) is 78.4 Å². The van der Waals surface area contributed by atoms with Crippen molar-refractivity contribution in [3.8, 4) is 0 Å². The quantitative estimate of drug-likeness (QED) is 0.805. The molecule has 1 saturated carbocycles. The third kappa shape index (κ3) is 3.60. The van der Waals surface area contributed by atoms with Crippen LogP contribution in [0.4, 0.5) is 11.4 Å². The molecule has 23 heavy (non-hydrogen) atoms. The Labute approximate surface area is 138 Å². The molecule has 1 fully saturated rings. The lowest BCUT2D eigenvalue weighted by atomic mass is 10.0. The molecular formula is C17H18N2O3S. The van der Waals surface area contributed by atoms with Gasteiger partial charge in [-0.05, 0) is 55.3 Å². The minimum absolute atomic E-state index is 0.183. The first-order valence-corrected chi connectivity index (χ1v) is 8.44. The van der Waals surface area contributed by atoms with Gasteiger partial charge < -0.3 is 15.7 Å². The lowest BCUT2D eigenvalue weighted by Gasteiger charge is -2.21. The Hall–Kier alpha value is -2.18. The lowest BCUT2D eigenvalue weighted by Crippen LogP contribution is -2.40. The maximum absolute atomic E-state index is 12.2. The molecule has 1 aromatic heterocycles. The van der Waals surface area contributed by atoms with E-state index < -0.39 is 5.60 Å². The van der Waals surface area contributed by atoms with Crippen LogP contribution in [0.2, 0.25) is 0 Å².